The molecule has 0 aromatic heterocycles. The van der Waals surface area contributed by atoms with Crippen molar-refractivity contribution < 1.29 is 18.0 Å². The van der Waals surface area contributed by atoms with Gasteiger partial charge in [-0.3, -0.25) is 9.59 Å². The number of carbonyl (C=O) groups is 2. The molecule has 2 N–H and O–H groups in total. The lowest BCUT2D eigenvalue weighted by Gasteiger charge is -2.19. The van der Waals surface area contributed by atoms with Gasteiger partial charge in [-0.25, -0.2) is 8.42 Å². The second-order valence-corrected chi connectivity index (χ2v) is 9.57. The summed E-state index contributed by atoms with van der Waals surface area (Å²) in [5.41, 5.74) is 1.72. The van der Waals surface area contributed by atoms with Crippen LogP contribution < -0.4 is 10.6 Å². The molecular formula is C22H28ClN3O4S. The van der Waals surface area contributed by atoms with E-state index >= 15 is 0 Å². The summed E-state index contributed by atoms with van der Waals surface area (Å²) in [5, 5.41) is 5.65. The summed E-state index contributed by atoms with van der Waals surface area (Å²) in [5.74, 6) is -0.599. The number of benzene rings is 2. The highest BCUT2D eigenvalue weighted by atomic mass is 35.5. The molecule has 0 spiro atoms. The molecule has 0 unspecified atom stereocenters. The first-order valence-corrected chi connectivity index (χ1v) is 11.9. The van der Waals surface area contributed by atoms with Crippen LogP contribution in [0.1, 0.15) is 43.6 Å². The molecule has 0 saturated heterocycles. The summed E-state index contributed by atoms with van der Waals surface area (Å²) in [4.78, 5) is 24.2. The van der Waals surface area contributed by atoms with Gasteiger partial charge in [0.1, 0.15) is 4.90 Å². The van der Waals surface area contributed by atoms with Gasteiger partial charge < -0.3 is 10.6 Å². The lowest BCUT2D eigenvalue weighted by molar-refractivity contribution is -0.118. The number of anilines is 1. The topological polar surface area (TPSA) is 95.6 Å². The maximum absolute atomic E-state index is 12.8. The standard InChI is InChI=1S/C22H28ClN3O4S/c1-5-26(6-2)31(29,30)20-13-17(9-12-19(20)23)22(28)24-14-16-7-10-18(11-8-16)25-21(27)15(3)4/h7-13,15H,5-6,14H2,1-4H3,(H,24,28)(H,25,27). The van der Waals surface area contributed by atoms with E-state index in [4.69, 9.17) is 11.6 Å². The highest BCUT2D eigenvalue weighted by Crippen LogP contribution is 2.26. The molecule has 2 aromatic rings. The molecule has 31 heavy (non-hydrogen) atoms. The predicted molar refractivity (Wildman–Crippen MR) is 123 cm³/mol. The largest absolute Gasteiger partial charge is 0.348 e. The number of sulfonamides is 1. The molecule has 7 nitrogen and oxygen atoms in total. The van der Waals surface area contributed by atoms with E-state index in [-0.39, 0.29) is 33.9 Å². The summed E-state index contributed by atoms with van der Waals surface area (Å²) >= 11 is 6.12. The zero-order valence-electron chi connectivity index (χ0n) is 18.1. The summed E-state index contributed by atoms with van der Waals surface area (Å²) in [6.07, 6.45) is 0. The Labute approximate surface area is 188 Å². The van der Waals surface area contributed by atoms with Crippen LogP contribution in [0.2, 0.25) is 5.02 Å². The zero-order valence-corrected chi connectivity index (χ0v) is 19.7. The molecule has 0 atom stereocenters. The first-order valence-electron chi connectivity index (χ1n) is 10.1. The molecule has 2 amide bonds. The lowest BCUT2D eigenvalue weighted by atomic mass is 10.1. The van der Waals surface area contributed by atoms with Crippen molar-refractivity contribution in [1.29, 1.82) is 0 Å². The summed E-state index contributed by atoms with van der Waals surface area (Å²) in [6, 6.07) is 11.3. The van der Waals surface area contributed by atoms with E-state index in [0.717, 1.165) is 5.56 Å². The van der Waals surface area contributed by atoms with Crippen LogP contribution in [0.4, 0.5) is 5.69 Å². The van der Waals surface area contributed by atoms with Gasteiger partial charge in [0.25, 0.3) is 5.91 Å². The Morgan fingerprint density at radius 1 is 1.03 bits per heavy atom. The number of nitrogens with zero attached hydrogens (tertiary/aromatic N) is 1. The first-order chi connectivity index (χ1) is 14.6. The Bertz CT molecular complexity index is 1030. The molecule has 2 rings (SSSR count). The van der Waals surface area contributed by atoms with Crippen LogP contribution >= 0.6 is 11.6 Å². The second kappa shape index (κ2) is 10.7. The van der Waals surface area contributed by atoms with Gasteiger partial charge >= 0.3 is 0 Å². The van der Waals surface area contributed by atoms with Crippen molar-refractivity contribution in [2.75, 3.05) is 18.4 Å². The van der Waals surface area contributed by atoms with Gasteiger partial charge in [0.05, 0.1) is 5.02 Å². The van der Waals surface area contributed by atoms with Crippen molar-refractivity contribution in [3.05, 3.63) is 58.6 Å². The molecule has 0 aliphatic rings. The highest BCUT2D eigenvalue weighted by molar-refractivity contribution is 7.89. The molecule has 0 radical (unpaired) electrons. The fourth-order valence-corrected chi connectivity index (χ4v) is 4.78. The lowest BCUT2D eigenvalue weighted by Crippen LogP contribution is -2.31. The van der Waals surface area contributed by atoms with Crippen molar-refractivity contribution in [3.8, 4) is 0 Å². The Morgan fingerprint density at radius 3 is 2.19 bits per heavy atom. The van der Waals surface area contributed by atoms with Gasteiger partial charge in [0, 0.05) is 36.8 Å². The maximum atomic E-state index is 12.8. The Hall–Kier alpha value is -2.42. The summed E-state index contributed by atoms with van der Waals surface area (Å²) < 4.78 is 26.9. The third-order valence-corrected chi connectivity index (χ3v) is 7.25. The normalized spacial score (nSPS) is 11.6. The van der Waals surface area contributed by atoms with Gasteiger partial charge in [-0.15, -0.1) is 0 Å². The van der Waals surface area contributed by atoms with Crippen LogP contribution in [0.3, 0.4) is 0 Å². The van der Waals surface area contributed by atoms with Crippen LogP contribution in [-0.2, 0) is 21.4 Å². The Kier molecular flexibility index (Phi) is 8.61. The highest BCUT2D eigenvalue weighted by Gasteiger charge is 2.25. The van der Waals surface area contributed by atoms with Crippen LogP contribution in [0.15, 0.2) is 47.4 Å². The number of nitrogens with one attached hydrogen (secondary N) is 2. The van der Waals surface area contributed by atoms with E-state index < -0.39 is 15.9 Å². The van der Waals surface area contributed by atoms with Gasteiger partial charge in [-0.05, 0) is 35.9 Å². The average Bonchev–Trinajstić information content (AvgIpc) is 2.73. The van der Waals surface area contributed by atoms with E-state index in [1.165, 1.54) is 22.5 Å². The van der Waals surface area contributed by atoms with Crippen molar-refractivity contribution in [1.82, 2.24) is 9.62 Å². The van der Waals surface area contributed by atoms with Crippen molar-refractivity contribution in [2.24, 2.45) is 5.92 Å². The number of carbonyl (C=O) groups excluding carboxylic acids is 2. The van der Waals surface area contributed by atoms with Crippen molar-refractivity contribution in [2.45, 2.75) is 39.1 Å². The minimum absolute atomic E-state index is 0.0701. The summed E-state index contributed by atoms with van der Waals surface area (Å²) in [7, 11) is -3.79. The van der Waals surface area contributed by atoms with Gasteiger partial charge in [-0.2, -0.15) is 4.31 Å². The molecule has 2 aromatic carbocycles. The number of rotatable bonds is 9. The number of halogens is 1. The monoisotopic (exact) mass is 465 g/mol. The SMILES string of the molecule is CCN(CC)S(=O)(=O)c1cc(C(=O)NCc2ccc(NC(=O)C(C)C)cc2)ccc1Cl. The van der Waals surface area contributed by atoms with Crippen LogP contribution in [0, 0.1) is 5.92 Å². The molecule has 168 valence electrons. The quantitative estimate of drug-likeness (QED) is 0.587. The van der Waals surface area contributed by atoms with E-state index in [2.05, 4.69) is 10.6 Å². The molecular weight excluding hydrogens is 438 g/mol. The average molecular weight is 466 g/mol. The van der Waals surface area contributed by atoms with Crippen LogP contribution in [0.25, 0.3) is 0 Å². The third kappa shape index (κ3) is 6.29. The Morgan fingerprint density at radius 2 is 1.65 bits per heavy atom. The first kappa shape index (κ1) is 24.8. The molecule has 9 heteroatoms. The smallest absolute Gasteiger partial charge is 0.251 e. The zero-order chi connectivity index (χ0) is 23.2. The molecule has 0 aliphatic heterocycles. The number of hydrogen-bond donors (Lipinski definition) is 2. The van der Waals surface area contributed by atoms with Crippen LogP contribution in [0.5, 0.6) is 0 Å². The van der Waals surface area contributed by atoms with Gasteiger partial charge in [0.2, 0.25) is 15.9 Å². The predicted octanol–water partition coefficient (Wildman–Crippen LogP) is 3.90. The molecule has 0 heterocycles. The molecule has 0 fully saturated rings. The molecule has 0 saturated carbocycles. The third-order valence-electron chi connectivity index (χ3n) is 4.72. The minimum atomic E-state index is -3.79. The van der Waals surface area contributed by atoms with E-state index in [1.807, 2.05) is 13.8 Å². The number of amides is 2. The van der Waals surface area contributed by atoms with Crippen LogP contribution in [-0.4, -0.2) is 37.6 Å². The fraction of sp³-hybridized carbons (Fsp3) is 0.364. The minimum Gasteiger partial charge on any atom is -0.348 e. The van der Waals surface area contributed by atoms with E-state index in [1.54, 1.807) is 38.1 Å². The van der Waals surface area contributed by atoms with Crippen molar-refractivity contribution >= 4 is 39.1 Å². The molecule has 0 aliphatic carbocycles. The number of hydrogen-bond acceptors (Lipinski definition) is 4. The van der Waals surface area contributed by atoms with Gasteiger partial charge in [0.15, 0.2) is 0 Å². The fourth-order valence-electron chi connectivity index (χ4n) is 2.82. The second-order valence-electron chi connectivity index (χ2n) is 7.26. The van der Waals surface area contributed by atoms with Gasteiger partial charge in [-0.1, -0.05) is 51.4 Å². The van der Waals surface area contributed by atoms with Crippen molar-refractivity contribution in [3.63, 3.8) is 0 Å². The molecule has 0 bridgehead atoms. The Balaban J connectivity index is 2.10. The van der Waals surface area contributed by atoms with E-state index in [0.29, 0.717) is 18.8 Å². The maximum Gasteiger partial charge on any atom is 0.251 e. The summed E-state index contributed by atoms with van der Waals surface area (Å²) in [6.45, 7) is 7.97. The van der Waals surface area contributed by atoms with E-state index in [9.17, 15) is 18.0 Å².